The molecular formula is C21H28O9. The van der Waals surface area contributed by atoms with Crippen LogP contribution in [0, 0.1) is 5.92 Å². The highest BCUT2D eigenvalue weighted by molar-refractivity contribution is 5.95. The molecule has 0 unspecified atom stereocenters. The van der Waals surface area contributed by atoms with Gasteiger partial charge in [-0.2, -0.15) is 0 Å². The van der Waals surface area contributed by atoms with Crippen LogP contribution in [0.25, 0.3) is 0 Å². The molecule has 9 nitrogen and oxygen atoms in total. The summed E-state index contributed by atoms with van der Waals surface area (Å²) in [5.41, 5.74) is -2.67. The van der Waals surface area contributed by atoms with E-state index in [0.29, 0.717) is 6.42 Å². The second kappa shape index (κ2) is 7.47. The summed E-state index contributed by atoms with van der Waals surface area (Å²) in [4.78, 5) is 36.1. The van der Waals surface area contributed by atoms with Crippen molar-refractivity contribution in [2.45, 2.75) is 77.0 Å². The first-order valence-electron chi connectivity index (χ1n) is 10.00. The third-order valence-corrected chi connectivity index (χ3v) is 6.22. The van der Waals surface area contributed by atoms with Gasteiger partial charge in [0.1, 0.15) is 24.1 Å². The monoisotopic (exact) mass is 424 g/mol. The van der Waals surface area contributed by atoms with E-state index in [1.807, 2.05) is 0 Å². The van der Waals surface area contributed by atoms with Crippen LogP contribution < -0.4 is 0 Å². The maximum atomic E-state index is 12.6. The number of ether oxygens (including phenoxy) is 4. The van der Waals surface area contributed by atoms with Gasteiger partial charge in [0.05, 0.1) is 11.2 Å². The van der Waals surface area contributed by atoms with Crippen molar-refractivity contribution in [3.63, 3.8) is 0 Å². The number of rotatable bonds is 4. The number of esters is 3. The van der Waals surface area contributed by atoms with Crippen molar-refractivity contribution >= 4 is 17.9 Å². The standard InChI is InChI=1S/C21H28O9/c1-6-15(23)29-17-11(2)20(5,25)21(26)8-7-19(4,30-21)9-14-16(17)13(18(24)28-14)10-27-12(3)22/h9,11,17,25-26H,6-8,10H2,1-5H3/b14-9+/t11-,17-,19-,20+,21+/m1/s1. The van der Waals surface area contributed by atoms with Gasteiger partial charge in [-0.1, -0.05) is 13.8 Å². The summed E-state index contributed by atoms with van der Waals surface area (Å²) < 4.78 is 22.0. The molecule has 0 radical (unpaired) electrons. The largest absolute Gasteiger partial charge is 0.461 e. The Morgan fingerprint density at radius 1 is 1.27 bits per heavy atom. The fraction of sp³-hybridized carbons (Fsp3) is 0.667. The number of fused-ring (bicyclic) bond motifs is 3. The first-order chi connectivity index (χ1) is 13.8. The van der Waals surface area contributed by atoms with Crippen LogP contribution in [0.4, 0.5) is 0 Å². The maximum absolute atomic E-state index is 12.6. The molecule has 3 rings (SSSR count). The highest BCUT2D eigenvalue weighted by Crippen LogP contribution is 2.51. The summed E-state index contributed by atoms with van der Waals surface area (Å²) in [6.07, 6.45) is 0.946. The van der Waals surface area contributed by atoms with Crippen LogP contribution in [-0.2, 0) is 33.3 Å². The van der Waals surface area contributed by atoms with Gasteiger partial charge in [0.15, 0.2) is 5.79 Å². The molecule has 166 valence electrons. The van der Waals surface area contributed by atoms with Gasteiger partial charge in [-0.05, 0) is 26.3 Å². The Hall–Kier alpha value is -2.23. The van der Waals surface area contributed by atoms with Crippen LogP contribution in [0.5, 0.6) is 0 Å². The molecule has 1 saturated heterocycles. The highest BCUT2D eigenvalue weighted by Gasteiger charge is 2.61. The minimum Gasteiger partial charge on any atom is -0.461 e. The lowest BCUT2D eigenvalue weighted by molar-refractivity contribution is -0.311. The smallest absolute Gasteiger partial charge is 0.343 e. The predicted molar refractivity (Wildman–Crippen MR) is 101 cm³/mol. The third-order valence-electron chi connectivity index (χ3n) is 6.22. The number of carbonyl (C=O) groups is 3. The molecule has 2 N–H and O–H groups in total. The van der Waals surface area contributed by atoms with Gasteiger partial charge in [-0.25, -0.2) is 4.79 Å². The average Bonchev–Trinajstić information content (AvgIpc) is 3.13. The number of hydrogen-bond acceptors (Lipinski definition) is 9. The fourth-order valence-corrected chi connectivity index (χ4v) is 4.13. The zero-order chi connectivity index (χ0) is 22.5. The number of carbonyl (C=O) groups excluding carboxylic acids is 3. The van der Waals surface area contributed by atoms with Gasteiger partial charge in [0, 0.05) is 31.3 Å². The van der Waals surface area contributed by atoms with Crippen molar-refractivity contribution < 1.29 is 43.5 Å². The number of hydrogen-bond donors (Lipinski definition) is 2. The van der Waals surface area contributed by atoms with E-state index in [1.54, 1.807) is 26.8 Å². The topological polar surface area (TPSA) is 129 Å². The van der Waals surface area contributed by atoms with E-state index in [0.717, 1.165) is 0 Å². The predicted octanol–water partition coefficient (Wildman–Crippen LogP) is 1.27. The van der Waals surface area contributed by atoms with Gasteiger partial charge >= 0.3 is 17.9 Å². The Kier molecular flexibility index (Phi) is 5.59. The van der Waals surface area contributed by atoms with Crippen molar-refractivity contribution in [2.24, 2.45) is 5.92 Å². The van der Waals surface area contributed by atoms with Gasteiger partial charge in [-0.15, -0.1) is 0 Å². The average molecular weight is 424 g/mol. The molecule has 3 aliphatic rings. The molecule has 0 saturated carbocycles. The van der Waals surface area contributed by atoms with Gasteiger partial charge in [0.2, 0.25) is 0 Å². The second-order valence-corrected chi connectivity index (χ2v) is 8.47. The van der Waals surface area contributed by atoms with E-state index in [9.17, 15) is 24.6 Å². The van der Waals surface area contributed by atoms with Crippen molar-refractivity contribution in [3.8, 4) is 0 Å². The van der Waals surface area contributed by atoms with E-state index in [1.165, 1.54) is 13.8 Å². The summed E-state index contributed by atoms with van der Waals surface area (Å²) in [5, 5.41) is 22.5. The van der Waals surface area contributed by atoms with E-state index < -0.39 is 46.9 Å². The zero-order valence-corrected chi connectivity index (χ0v) is 17.8. The maximum Gasteiger partial charge on any atom is 0.343 e. The van der Waals surface area contributed by atoms with Crippen LogP contribution in [0.1, 0.15) is 53.9 Å². The molecule has 0 spiro atoms. The van der Waals surface area contributed by atoms with E-state index in [2.05, 4.69) is 0 Å². The fourth-order valence-electron chi connectivity index (χ4n) is 4.13. The Bertz CT molecular complexity index is 839. The van der Waals surface area contributed by atoms with E-state index >= 15 is 0 Å². The van der Waals surface area contributed by atoms with Crippen molar-refractivity contribution in [1.29, 1.82) is 0 Å². The summed E-state index contributed by atoms with van der Waals surface area (Å²) in [6, 6.07) is 0. The van der Waals surface area contributed by atoms with Gasteiger partial charge in [0.25, 0.3) is 0 Å². The van der Waals surface area contributed by atoms with Crippen molar-refractivity contribution in [2.75, 3.05) is 6.61 Å². The molecule has 9 heteroatoms. The van der Waals surface area contributed by atoms with Crippen LogP contribution in [0.3, 0.4) is 0 Å². The SMILES string of the molecule is CCC(=O)O[C@H]1C2=C(COC(C)=O)C(=O)O/C2=C/[C@@]2(C)CC[C@](O)(O2)[C@@](C)(O)[C@@H]1C. The van der Waals surface area contributed by atoms with E-state index in [4.69, 9.17) is 18.9 Å². The van der Waals surface area contributed by atoms with Gasteiger partial charge < -0.3 is 29.2 Å². The lowest BCUT2D eigenvalue weighted by atomic mass is 9.75. The van der Waals surface area contributed by atoms with Crippen LogP contribution in [0.2, 0.25) is 0 Å². The molecule has 30 heavy (non-hydrogen) atoms. The Morgan fingerprint density at radius 2 is 1.93 bits per heavy atom. The molecule has 3 heterocycles. The molecule has 0 aromatic carbocycles. The molecule has 0 aromatic rings. The third kappa shape index (κ3) is 3.66. The first-order valence-corrected chi connectivity index (χ1v) is 10.00. The Balaban J connectivity index is 2.23. The molecule has 0 amide bonds. The van der Waals surface area contributed by atoms with Crippen LogP contribution >= 0.6 is 0 Å². The van der Waals surface area contributed by atoms with Crippen LogP contribution in [0.15, 0.2) is 23.0 Å². The zero-order valence-electron chi connectivity index (χ0n) is 17.8. The summed E-state index contributed by atoms with van der Waals surface area (Å²) in [7, 11) is 0. The quantitative estimate of drug-likeness (QED) is 0.506. The summed E-state index contributed by atoms with van der Waals surface area (Å²) in [6.45, 7) is 7.14. The molecule has 2 bridgehead atoms. The summed E-state index contributed by atoms with van der Waals surface area (Å²) in [5.74, 6) is -4.61. The first kappa shape index (κ1) is 22.5. The summed E-state index contributed by atoms with van der Waals surface area (Å²) >= 11 is 0. The second-order valence-electron chi connectivity index (χ2n) is 8.47. The molecule has 1 fully saturated rings. The molecular weight excluding hydrogens is 396 g/mol. The molecule has 0 aromatic heterocycles. The lowest BCUT2D eigenvalue weighted by Crippen LogP contribution is -2.59. The van der Waals surface area contributed by atoms with Gasteiger partial charge in [-0.3, -0.25) is 9.59 Å². The lowest BCUT2D eigenvalue weighted by Gasteiger charge is -2.44. The normalized spacial score (nSPS) is 39.8. The number of aliphatic hydroxyl groups is 2. The molecule has 0 aliphatic carbocycles. The minimum atomic E-state index is -1.91. The Morgan fingerprint density at radius 3 is 2.53 bits per heavy atom. The Labute approximate surface area is 174 Å². The van der Waals surface area contributed by atoms with Crippen molar-refractivity contribution in [1.82, 2.24) is 0 Å². The minimum absolute atomic E-state index is 0.0152. The molecule has 3 aliphatic heterocycles. The molecule has 5 atom stereocenters. The highest BCUT2D eigenvalue weighted by atomic mass is 16.7. The van der Waals surface area contributed by atoms with Crippen LogP contribution in [-0.4, -0.2) is 57.8 Å². The van der Waals surface area contributed by atoms with Crippen molar-refractivity contribution in [3.05, 3.63) is 23.0 Å². The van der Waals surface area contributed by atoms with E-state index in [-0.39, 0.29) is 36.4 Å².